The Morgan fingerprint density at radius 2 is 1.88 bits per heavy atom. The van der Waals surface area contributed by atoms with Gasteiger partial charge in [-0.2, -0.15) is 0 Å². The highest BCUT2D eigenvalue weighted by Gasteiger charge is 2.19. The van der Waals surface area contributed by atoms with Crippen molar-refractivity contribution in [1.82, 2.24) is 14.1 Å². The molecule has 7 nitrogen and oxygen atoms in total. The van der Waals surface area contributed by atoms with E-state index in [4.69, 9.17) is 9.72 Å². The normalized spacial score (nSPS) is 11.1. The lowest BCUT2D eigenvalue weighted by molar-refractivity contribution is -0.113. The summed E-state index contributed by atoms with van der Waals surface area (Å²) in [7, 11) is 3.39. The molecule has 0 saturated heterocycles. The van der Waals surface area contributed by atoms with Crippen LogP contribution in [0.3, 0.4) is 0 Å². The van der Waals surface area contributed by atoms with Crippen molar-refractivity contribution >= 4 is 34.4 Å². The zero-order valence-electron chi connectivity index (χ0n) is 18.2. The van der Waals surface area contributed by atoms with E-state index in [2.05, 4.69) is 5.32 Å². The van der Waals surface area contributed by atoms with Crippen LogP contribution in [0.1, 0.15) is 0 Å². The number of aromatic nitrogens is 3. The van der Waals surface area contributed by atoms with E-state index in [1.165, 1.54) is 40.6 Å². The van der Waals surface area contributed by atoms with Gasteiger partial charge in [-0.05, 0) is 29.8 Å². The van der Waals surface area contributed by atoms with Crippen LogP contribution in [0.5, 0.6) is 0 Å². The number of carbonyl (C=O) groups excluding carboxylic acids is 1. The van der Waals surface area contributed by atoms with Gasteiger partial charge in [0.25, 0.3) is 5.56 Å². The molecule has 170 valence electrons. The van der Waals surface area contributed by atoms with Crippen molar-refractivity contribution in [3.63, 3.8) is 0 Å². The monoisotopic (exact) mass is 466 g/mol. The quantitative estimate of drug-likeness (QED) is 0.315. The first kappa shape index (κ1) is 22.8. The minimum atomic E-state index is -0.376. The molecule has 33 heavy (non-hydrogen) atoms. The fraction of sp³-hybridized carbons (Fsp3) is 0.208. The van der Waals surface area contributed by atoms with E-state index in [1.807, 2.05) is 43.6 Å². The molecule has 4 aromatic rings. The van der Waals surface area contributed by atoms with Gasteiger partial charge in [0, 0.05) is 31.6 Å². The number of carbonyl (C=O) groups is 1. The molecule has 0 unspecified atom stereocenters. The van der Waals surface area contributed by atoms with Crippen molar-refractivity contribution in [2.24, 2.45) is 7.05 Å². The third-order valence-electron chi connectivity index (χ3n) is 5.11. The average Bonchev–Trinajstić information content (AvgIpc) is 3.15. The second-order valence-corrected chi connectivity index (χ2v) is 8.35. The number of nitrogens with one attached hydrogen (secondary N) is 1. The molecule has 2 aromatic heterocycles. The first-order chi connectivity index (χ1) is 16.0. The van der Waals surface area contributed by atoms with E-state index in [1.54, 1.807) is 11.7 Å². The Labute approximate surface area is 194 Å². The van der Waals surface area contributed by atoms with Gasteiger partial charge in [0.2, 0.25) is 5.91 Å². The average molecular weight is 467 g/mol. The first-order valence-corrected chi connectivity index (χ1v) is 11.3. The molecule has 0 aliphatic carbocycles. The summed E-state index contributed by atoms with van der Waals surface area (Å²) in [4.78, 5) is 30.6. The predicted octanol–water partition coefficient (Wildman–Crippen LogP) is 3.92. The topological polar surface area (TPSA) is 78.2 Å². The Hall–Kier alpha value is -3.43. The number of thioether (sulfide) groups is 1. The van der Waals surface area contributed by atoms with Crippen molar-refractivity contribution in [2.45, 2.75) is 11.7 Å². The molecular weight excluding hydrogens is 443 g/mol. The molecule has 0 aliphatic rings. The van der Waals surface area contributed by atoms with E-state index >= 15 is 0 Å². The summed E-state index contributed by atoms with van der Waals surface area (Å²) in [6.07, 6.45) is 1.89. The van der Waals surface area contributed by atoms with Crippen molar-refractivity contribution in [2.75, 3.05) is 24.8 Å². The highest BCUT2D eigenvalue weighted by atomic mass is 32.2. The summed E-state index contributed by atoms with van der Waals surface area (Å²) in [6.45, 7) is 0.643. The molecule has 0 bridgehead atoms. The second kappa shape index (κ2) is 10.0. The van der Waals surface area contributed by atoms with Gasteiger partial charge in [-0.25, -0.2) is 9.37 Å². The molecule has 2 aromatic carbocycles. The molecule has 0 atom stereocenters. The summed E-state index contributed by atoms with van der Waals surface area (Å²) in [6, 6.07) is 15.3. The molecule has 0 aliphatic heterocycles. The lowest BCUT2D eigenvalue weighted by Gasteiger charge is -2.12. The molecule has 0 spiro atoms. The van der Waals surface area contributed by atoms with Crippen molar-refractivity contribution in [1.29, 1.82) is 0 Å². The number of nitrogens with zero attached hydrogens (tertiary/aromatic N) is 3. The zero-order chi connectivity index (χ0) is 23.4. The van der Waals surface area contributed by atoms with Crippen LogP contribution in [0.4, 0.5) is 10.1 Å². The fourth-order valence-electron chi connectivity index (χ4n) is 3.53. The van der Waals surface area contributed by atoms with Crippen LogP contribution in [0.2, 0.25) is 0 Å². The van der Waals surface area contributed by atoms with Crippen LogP contribution in [-0.2, 0) is 23.1 Å². The predicted molar refractivity (Wildman–Crippen MR) is 128 cm³/mol. The van der Waals surface area contributed by atoms with Crippen LogP contribution in [0.25, 0.3) is 22.2 Å². The summed E-state index contributed by atoms with van der Waals surface area (Å²) >= 11 is 1.17. The number of aryl methyl sites for hydroxylation is 1. The molecule has 2 heterocycles. The van der Waals surface area contributed by atoms with E-state index < -0.39 is 0 Å². The molecule has 0 radical (unpaired) electrons. The third-order valence-corrected chi connectivity index (χ3v) is 6.08. The molecular formula is C24H23FN4O3S. The van der Waals surface area contributed by atoms with E-state index in [9.17, 15) is 14.0 Å². The van der Waals surface area contributed by atoms with Crippen molar-refractivity contribution < 1.29 is 13.9 Å². The number of fused-ring (bicyclic) bond motifs is 1. The highest BCUT2D eigenvalue weighted by molar-refractivity contribution is 7.99. The van der Waals surface area contributed by atoms with Gasteiger partial charge in [-0.1, -0.05) is 42.1 Å². The van der Waals surface area contributed by atoms with Crippen LogP contribution >= 0.6 is 11.8 Å². The van der Waals surface area contributed by atoms with Crippen LogP contribution < -0.4 is 10.9 Å². The van der Waals surface area contributed by atoms with Crippen molar-refractivity contribution in [3.05, 3.63) is 77.0 Å². The molecule has 1 N–H and O–H groups in total. The molecule has 4 rings (SSSR count). The van der Waals surface area contributed by atoms with E-state index in [-0.39, 0.29) is 23.0 Å². The third kappa shape index (κ3) is 4.99. The van der Waals surface area contributed by atoms with Gasteiger partial charge in [-0.15, -0.1) is 0 Å². The van der Waals surface area contributed by atoms with Crippen molar-refractivity contribution in [3.8, 4) is 11.1 Å². The van der Waals surface area contributed by atoms with Gasteiger partial charge in [0.15, 0.2) is 5.16 Å². The number of hydrogen-bond acceptors (Lipinski definition) is 5. The summed E-state index contributed by atoms with van der Waals surface area (Å²) < 4.78 is 21.6. The van der Waals surface area contributed by atoms with Gasteiger partial charge in [0.1, 0.15) is 16.9 Å². The smallest absolute Gasteiger partial charge is 0.278 e. The van der Waals surface area contributed by atoms with Gasteiger partial charge < -0.3 is 14.6 Å². The Morgan fingerprint density at radius 1 is 1.15 bits per heavy atom. The van der Waals surface area contributed by atoms with Crippen LogP contribution in [-0.4, -0.2) is 39.5 Å². The van der Waals surface area contributed by atoms with Gasteiger partial charge >= 0.3 is 0 Å². The first-order valence-electron chi connectivity index (χ1n) is 10.3. The molecule has 0 fully saturated rings. The number of methoxy groups -OCH3 is 1. The second-order valence-electron chi connectivity index (χ2n) is 7.40. The molecule has 0 saturated carbocycles. The standard InChI is InChI=1S/C24H23FN4O3S/c1-28-14-19(16-6-4-3-5-7-16)21-22(28)23(31)29(12-13-32-2)24(27-21)33-15-20(30)26-18-10-8-17(25)9-11-18/h3-11,14H,12-13,15H2,1-2H3,(H,26,30). The van der Waals surface area contributed by atoms with E-state index in [0.717, 1.165) is 11.1 Å². The fourth-order valence-corrected chi connectivity index (χ4v) is 4.35. The number of benzene rings is 2. The number of anilines is 1. The Bertz CT molecular complexity index is 1330. The minimum Gasteiger partial charge on any atom is -0.383 e. The lowest BCUT2D eigenvalue weighted by Crippen LogP contribution is -2.27. The maximum Gasteiger partial charge on any atom is 0.278 e. The number of rotatable bonds is 8. The van der Waals surface area contributed by atoms with E-state index in [0.29, 0.717) is 35.0 Å². The number of ether oxygens (including phenoxy) is 1. The molecule has 9 heteroatoms. The molecule has 1 amide bonds. The number of amides is 1. The summed E-state index contributed by atoms with van der Waals surface area (Å²) in [5, 5.41) is 3.16. The summed E-state index contributed by atoms with van der Waals surface area (Å²) in [5.74, 6) is -0.620. The van der Waals surface area contributed by atoms with Crippen LogP contribution in [0, 0.1) is 5.82 Å². The SMILES string of the molecule is COCCn1c(SCC(=O)Nc2ccc(F)cc2)nc2c(-c3ccccc3)cn(C)c2c1=O. The number of hydrogen-bond donors (Lipinski definition) is 1. The summed E-state index contributed by atoms with van der Waals surface area (Å²) in [5.41, 5.74) is 3.19. The number of halogens is 1. The maximum absolute atomic E-state index is 13.4. The van der Waals surface area contributed by atoms with Gasteiger partial charge in [0.05, 0.1) is 18.9 Å². The Morgan fingerprint density at radius 3 is 2.58 bits per heavy atom. The zero-order valence-corrected chi connectivity index (χ0v) is 19.1. The Balaban J connectivity index is 1.68. The largest absolute Gasteiger partial charge is 0.383 e. The highest BCUT2D eigenvalue weighted by Crippen LogP contribution is 2.29. The lowest BCUT2D eigenvalue weighted by atomic mass is 10.1. The van der Waals surface area contributed by atoms with Crippen LogP contribution in [0.15, 0.2) is 70.7 Å². The minimum absolute atomic E-state index is 0.0375. The maximum atomic E-state index is 13.4. The van der Waals surface area contributed by atoms with Gasteiger partial charge in [-0.3, -0.25) is 14.2 Å². The Kier molecular flexibility index (Phi) is 6.90.